The molecule has 8 heteroatoms. The van der Waals surface area contributed by atoms with Gasteiger partial charge in [0.15, 0.2) is 0 Å². The molecule has 0 saturated carbocycles. The summed E-state index contributed by atoms with van der Waals surface area (Å²) in [5.41, 5.74) is 2.35. The molecule has 0 aliphatic carbocycles. The summed E-state index contributed by atoms with van der Waals surface area (Å²) < 4.78 is 21.0. The molecule has 0 fully saturated rings. The summed E-state index contributed by atoms with van der Waals surface area (Å²) >= 11 is 0. The molecule has 1 aliphatic heterocycles. The Morgan fingerprint density at radius 1 is 1.27 bits per heavy atom. The summed E-state index contributed by atoms with van der Waals surface area (Å²) in [5, 5.41) is 22.5. The molecule has 0 amide bonds. The number of benzene rings is 1. The smallest absolute Gasteiger partial charge is 0.247 e. The molecule has 7 nitrogen and oxygen atoms in total. The van der Waals surface area contributed by atoms with Crippen LogP contribution in [0.25, 0.3) is 11.5 Å². The van der Waals surface area contributed by atoms with Crippen LogP contribution in [0.4, 0.5) is 4.39 Å². The number of nitrogens with zero attached hydrogens (tertiary/aromatic N) is 5. The molecule has 2 aromatic heterocycles. The van der Waals surface area contributed by atoms with Crippen LogP contribution in [0.2, 0.25) is 0 Å². The average molecular weight is 357 g/mol. The molecular weight excluding hydrogens is 337 g/mol. The first-order chi connectivity index (χ1) is 12.6. The Labute approximate surface area is 150 Å². The van der Waals surface area contributed by atoms with Gasteiger partial charge in [-0.1, -0.05) is 13.0 Å². The predicted octanol–water partition coefficient (Wildman–Crippen LogP) is 2.53. The summed E-state index contributed by atoms with van der Waals surface area (Å²) in [6.07, 6.45) is 0.122. The number of fused-ring (bicyclic) bond motifs is 1. The highest BCUT2D eigenvalue weighted by molar-refractivity contribution is 5.52. The zero-order valence-electron chi connectivity index (χ0n) is 14.5. The van der Waals surface area contributed by atoms with E-state index in [-0.39, 0.29) is 5.82 Å². The van der Waals surface area contributed by atoms with E-state index in [4.69, 9.17) is 4.42 Å². The number of aliphatic hydroxyl groups excluding tert-OH is 1. The Morgan fingerprint density at radius 3 is 2.96 bits per heavy atom. The van der Waals surface area contributed by atoms with Crippen LogP contribution in [0.5, 0.6) is 0 Å². The number of aromatic nitrogens is 4. The predicted molar refractivity (Wildman–Crippen MR) is 91.3 cm³/mol. The zero-order chi connectivity index (χ0) is 18.1. The Balaban J connectivity index is 1.45. The van der Waals surface area contributed by atoms with Gasteiger partial charge in [0.1, 0.15) is 5.82 Å². The lowest BCUT2D eigenvalue weighted by Crippen LogP contribution is -2.33. The van der Waals surface area contributed by atoms with Gasteiger partial charge >= 0.3 is 0 Å². The fourth-order valence-electron chi connectivity index (χ4n) is 3.10. The van der Waals surface area contributed by atoms with E-state index in [1.165, 1.54) is 12.1 Å². The second kappa shape index (κ2) is 6.97. The van der Waals surface area contributed by atoms with Gasteiger partial charge in [0.25, 0.3) is 0 Å². The van der Waals surface area contributed by atoms with Crippen LogP contribution in [-0.2, 0) is 19.6 Å². The highest BCUT2D eigenvalue weighted by atomic mass is 19.1. The largest absolute Gasteiger partial charge is 0.419 e. The van der Waals surface area contributed by atoms with Crippen LogP contribution in [-0.4, -0.2) is 36.5 Å². The standard InChI is InChI=1S/C18H20FN5O2/c1-2-16(25)15-9-14-10-23(6-7-24(14)22-15)11-17-20-21-18(26-17)12-4-3-5-13(19)8-12/h3-5,8-9,16,25H,2,6-7,10-11H2,1H3. The third-order valence-electron chi connectivity index (χ3n) is 4.52. The van der Waals surface area contributed by atoms with Crippen molar-refractivity contribution in [2.45, 2.75) is 39.1 Å². The zero-order valence-corrected chi connectivity index (χ0v) is 14.5. The van der Waals surface area contributed by atoms with E-state index in [0.29, 0.717) is 36.9 Å². The molecule has 26 heavy (non-hydrogen) atoms. The summed E-state index contributed by atoms with van der Waals surface area (Å²) in [6, 6.07) is 8.05. The first-order valence-corrected chi connectivity index (χ1v) is 8.67. The number of rotatable bonds is 5. The van der Waals surface area contributed by atoms with E-state index >= 15 is 0 Å². The van der Waals surface area contributed by atoms with E-state index in [2.05, 4.69) is 20.2 Å². The SMILES string of the molecule is CCC(O)c1cc2n(n1)CCN(Cc1nnc(-c3cccc(F)c3)o1)C2. The minimum absolute atomic E-state index is 0.315. The second-order valence-corrected chi connectivity index (χ2v) is 6.43. The Morgan fingerprint density at radius 2 is 2.15 bits per heavy atom. The summed E-state index contributed by atoms with van der Waals surface area (Å²) in [7, 11) is 0. The molecule has 1 aliphatic rings. The molecule has 1 unspecified atom stereocenters. The van der Waals surface area contributed by atoms with Crippen LogP contribution in [0.1, 0.15) is 36.7 Å². The van der Waals surface area contributed by atoms with Crippen LogP contribution >= 0.6 is 0 Å². The first-order valence-electron chi connectivity index (χ1n) is 8.67. The molecular formula is C18H20FN5O2. The van der Waals surface area contributed by atoms with Crippen molar-refractivity contribution in [2.24, 2.45) is 0 Å². The summed E-state index contributed by atoms with van der Waals surface area (Å²) in [4.78, 5) is 2.18. The molecule has 4 rings (SSSR count). The van der Waals surface area contributed by atoms with Crippen molar-refractivity contribution in [3.05, 3.63) is 53.4 Å². The van der Waals surface area contributed by atoms with Crippen molar-refractivity contribution in [3.63, 3.8) is 0 Å². The fourth-order valence-corrected chi connectivity index (χ4v) is 3.10. The van der Waals surface area contributed by atoms with E-state index in [0.717, 1.165) is 24.5 Å². The van der Waals surface area contributed by atoms with Crippen molar-refractivity contribution >= 4 is 0 Å². The maximum atomic E-state index is 13.3. The molecule has 1 N–H and O–H groups in total. The molecule has 1 atom stereocenters. The minimum Gasteiger partial charge on any atom is -0.419 e. The van der Waals surface area contributed by atoms with Crippen molar-refractivity contribution < 1.29 is 13.9 Å². The maximum absolute atomic E-state index is 13.3. The molecule has 136 valence electrons. The highest BCUT2D eigenvalue weighted by Gasteiger charge is 2.22. The van der Waals surface area contributed by atoms with Gasteiger partial charge in [-0.3, -0.25) is 9.58 Å². The van der Waals surface area contributed by atoms with Crippen LogP contribution in [0, 0.1) is 5.82 Å². The van der Waals surface area contributed by atoms with Crippen molar-refractivity contribution in [3.8, 4) is 11.5 Å². The van der Waals surface area contributed by atoms with E-state index in [1.54, 1.807) is 12.1 Å². The van der Waals surface area contributed by atoms with Crippen molar-refractivity contribution in [1.82, 2.24) is 24.9 Å². The van der Waals surface area contributed by atoms with Gasteiger partial charge in [0, 0.05) is 18.7 Å². The summed E-state index contributed by atoms with van der Waals surface area (Å²) in [5.74, 6) is 0.470. The van der Waals surface area contributed by atoms with Crippen molar-refractivity contribution in [2.75, 3.05) is 6.54 Å². The molecule has 0 saturated heterocycles. The topological polar surface area (TPSA) is 80.2 Å². The molecule has 0 bridgehead atoms. The Hall–Kier alpha value is -2.58. The Kier molecular flexibility index (Phi) is 4.52. The lowest BCUT2D eigenvalue weighted by molar-refractivity contribution is 0.165. The minimum atomic E-state index is -0.522. The summed E-state index contributed by atoms with van der Waals surface area (Å²) in [6.45, 7) is 4.69. The number of hydrogen-bond donors (Lipinski definition) is 1. The third-order valence-corrected chi connectivity index (χ3v) is 4.52. The lowest BCUT2D eigenvalue weighted by atomic mass is 10.2. The second-order valence-electron chi connectivity index (χ2n) is 6.43. The van der Waals surface area contributed by atoms with Gasteiger partial charge in [-0.2, -0.15) is 5.10 Å². The van der Waals surface area contributed by atoms with Gasteiger partial charge < -0.3 is 9.52 Å². The molecule has 0 radical (unpaired) electrons. The van der Waals surface area contributed by atoms with Crippen LogP contribution < -0.4 is 0 Å². The maximum Gasteiger partial charge on any atom is 0.247 e. The molecule has 3 heterocycles. The van der Waals surface area contributed by atoms with Gasteiger partial charge in [-0.15, -0.1) is 10.2 Å². The van der Waals surface area contributed by atoms with Crippen LogP contribution in [0.3, 0.4) is 0 Å². The number of halogens is 1. The van der Waals surface area contributed by atoms with E-state index in [9.17, 15) is 9.50 Å². The normalized spacial score (nSPS) is 15.8. The average Bonchev–Trinajstić information content (AvgIpc) is 3.27. The van der Waals surface area contributed by atoms with E-state index in [1.807, 2.05) is 17.7 Å². The van der Waals surface area contributed by atoms with E-state index < -0.39 is 6.10 Å². The fraction of sp³-hybridized carbons (Fsp3) is 0.389. The van der Waals surface area contributed by atoms with Crippen LogP contribution in [0.15, 0.2) is 34.7 Å². The molecule has 0 spiro atoms. The monoisotopic (exact) mass is 357 g/mol. The first kappa shape index (κ1) is 16.9. The van der Waals surface area contributed by atoms with Gasteiger partial charge in [0.05, 0.1) is 30.6 Å². The highest BCUT2D eigenvalue weighted by Crippen LogP contribution is 2.22. The molecule has 1 aromatic carbocycles. The number of hydrogen-bond acceptors (Lipinski definition) is 6. The van der Waals surface area contributed by atoms with Gasteiger partial charge in [-0.05, 0) is 30.7 Å². The third kappa shape index (κ3) is 3.38. The quantitative estimate of drug-likeness (QED) is 0.756. The molecule has 3 aromatic rings. The van der Waals surface area contributed by atoms with Gasteiger partial charge in [-0.25, -0.2) is 4.39 Å². The van der Waals surface area contributed by atoms with Crippen molar-refractivity contribution in [1.29, 1.82) is 0 Å². The number of aliphatic hydroxyl groups is 1. The Bertz CT molecular complexity index is 907. The lowest BCUT2D eigenvalue weighted by Gasteiger charge is -2.25. The van der Waals surface area contributed by atoms with Gasteiger partial charge in [0.2, 0.25) is 11.8 Å².